The molecule has 0 heterocycles. The van der Waals surface area contributed by atoms with Crippen molar-refractivity contribution in [2.24, 2.45) is 5.92 Å². The van der Waals surface area contributed by atoms with Gasteiger partial charge in [0.05, 0.1) is 11.5 Å². The third kappa shape index (κ3) is 7.72. The number of hydrogen-bond acceptors (Lipinski definition) is 5. The maximum absolute atomic E-state index is 12.2. The molecule has 0 aromatic heterocycles. The van der Waals surface area contributed by atoms with Gasteiger partial charge in [0, 0.05) is 16.8 Å². The van der Waals surface area contributed by atoms with Crippen LogP contribution in [0.3, 0.4) is 0 Å². The Bertz CT molecular complexity index is 683. The highest BCUT2D eigenvalue weighted by Crippen LogP contribution is 2.23. The summed E-state index contributed by atoms with van der Waals surface area (Å²) in [7, 11) is 0. The smallest absolute Gasteiger partial charge is 0.316 e. The van der Waals surface area contributed by atoms with Crippen LogP contribution in [-0.2, 0) is 19.1 Å². The molecule has 2 rings (SSSR count). The lowest BCUT2D eigenvalue weighted by Crippen LogP contribution is -2.46. The van der Waals surface area contributed by atoms with E-state index in [4.69, 9.17) is 16.3 Å². The van der Waals surface area contributed by atoms with Crippen LogP contribution < -0.4 is 10.6 Å². The minimum atomic E-state index is -0.842. The van der Waals surface area contributed by atoms with E-state index < -0.39 is 12.1 Å². The third-order valence-electron chi connectivity index (χ3n) is 4.70. The number of thioether (sulfide) groups is 1. The zero-order chi connectivity index (χ0) is 20.5. The molecular formula is C20H27ClN2O4S. The summed E-state index contributed by atoms with van der Waals surface area (Å²) in [5.41, 5.74) is 0.639. The second-order valence-electron chi connectivity index (χ2n) is 7.06. The molecule has 6 nitrogen and oxygen atoms in total. The van der Waals surface area contributed by atoms with Crippen molar-refractivity contribution in [1.82, 2.24) is 5.32 Å². The fraction of sp³-hybridized carbons (Fsp3) is 0.550. The van der Waals surface area contributed by atoms with E-state index in [2.05, 4.69) is 17.6 Å². The van der Waals surface area contributed by atoms with Gasteiger partial charge in [0.1, 0.15) is 0 Å². The van der Waals surface area contributed by atoms with Crippen LogP contribution in [0, 0.1) is 5.92 Å². The van der Waals surface area contributed by atoms with E-state index in [0.717, 1.165) is 31.0 Å². The maximum atomic E-state index is 12.2. The second kappa shape index (κ2) is 11.3. The first-order chi connectivity index (χ1) is 13.3. The fourth-order valence-electron chi connectivity index (χ4n) is 3.07. The number of hydrogen-bond donors (Lipinski definition) is 2. The summed E-state index contributed by atoms with van der Waals surface area (Å²) in [6.07, 6.45) is 3.53. The Labute approximate surface area is 175 Å². The molecule has 2 N–H and O–H groups in total. The number of benzene rings is 1. The number of esters is 1. The maximum Gasteiger partial charge on any atom is 0.316 e. The van der Waals surface area contributed by atoms with E-state index in [-0.39, 0.29) is 29.4 Å². The van der Waals surface area contributed by atoms with Gasteiger partial charge in [-0.3, -0.25) is 14.4 Å². The topological polar surface area (TPSA) is 84.5 Å². The van der Waals surface area contributed by atoms with Crippen molar-refractivity contribution in [2.45, 2.75) is 51.7 Å². The first kappa shape index (κ1) is 22.6. The Morgan fingerprint density at radius 3 is 2.54 bits per heavy atom. The average molecular weight is 427 g/mol. The standard InChI is InChI=1S/C20H27ClN2O4S/c1-13-5-3-4-6-17(13)23-20(26)14(2)27-19(25)12-28-11-18(24)22-16-9-7-15(21)8-10-16/h7-10,13-14,17H,3-6,11-12H2,1-2H3,(H,22,24)(H,23,26)/t13-,14-,17+/m1/s1. The van der Waals surface area contributed by atoms with Crippen LogP contribution in [0.4, 0.5) is 5.69 Å². The molecule has 8 heteroatoms. The van der Waals surface area contributed by atoms with Gasteiger partial charge < -0.3 is 15.4 Å². The number of carbonyl (C=O) groups is 3. The summed E-state index contributed by atoms with van der Waals surface area (Å²) in [6.45, 7) is 3.70. The van der Waals surface area contributed by atoms with E-state index in [0.29, 0.717) is 16.6 Å². The van der Waals surface area contributed by atoms with E-state index in [1.807, 2.05) is 0 Å². The SMILES string of the molecule is C[C@@H]1CCCC[C@@H]1NC(=O)[C@@H](C)OC(=O)CSCC(=O)Nc1ccc(Cl)cc1. The zero-order valence-electron chi connectivity index (χ0n) is 16.2. The van der Waals surface area contributed by atoms with Crippen molar-refractivity contribution >= 4 is 46.8 Å². The summed E-state index contributed by atoms with van der Waals surface area (Å²) < 4.78 is 5.18. The summed E-state index contributed by atoms with van der Waals surface area (Å²) in [6, 6.07) is 6.91. The van der Waals surface area contributed by atoms with Crippen LogP contribution in [0.15, 0.2) is 24.3 Å². The quantitative estimate of drug-likeness (QED) is 0.620. The predicted octanol–water partition coefficient (Wildman–Crippen LogP) is 3.64. The largest absolute Gasteiger partial charge is 0.452 e. The predicted molar refractivity (Wildman–Crippen MR) is 113 cm³/mol. The molecule has 0 radical (unpaired) electrons. The van der Waals surface area contributed by atoms with E-state index >= 15 is 0 Å². The normalized spacial score (nSPS) is 20.1. The van der Waals surface area contributed by atoms with Crippen LogP contribution in [0.1, 0.15) is 39.5 Å². The van der Waals surface area contributed by atoms with Gasteiger partial charge in [-0.2, -0.15) is 0 Å². The molecule has 1 fully saturated rings. The third-order valence-corrected chi connectivity index (χ3v) is 5.86. The molecule has 154 valence electrons. The van der Waals surface area contributed by atoms with Gasteiger partial charge in [-0.05, 0) is 49.9 Å². The zero-order valence-corrected chi connectivity index (χ0v) is 17.8. The molecular weight excluding hydrogens is 400 g/mol. The van der Waals surface area contributed by atoms with Gasteiger partial charge in [0.15, 0.2) is 6.10 Å². The molecule has 1 aliphatic rings. The van der Waals surface area contributed by atoms with Crippen LogP contribution in [0.25, 0.3) is 0 Å². The van der Waals surface area contributed by atoms with Crippen molar-refractivity contribution in [3.63, 3.8) is 0 Å². The lowest BCUT2D eigenvalue weighted by Gasteiger charge is -2.30. The Kier molecular flexibility index (Phi) is 9.12. The van der Waals surface area contributed by atoms with Crippen molar-refractivity contribution in [1.29, 1.82) is 0 Å². The summed E-state index contributed by atoms with van der Waals surface area (Å²) >= 11 is 6.93. The first-order valence-electron chi connectivity index (χ1n) is 9.48. The van der Waals surface area contributed by atoms with Gasteiger partial charge >= 0.3 is 5.97 Å². The molecule has 0 bridgehead atoms. The molecule has 1 aromatic carbocycles. The Hall–Kier alpha value is -1.73. The highest BCUT2D eigenvalue weighted by Gasteiger charge is 2.26. The molecule has 0 aliphatic heterocycles. The number of amides is 2. The Balaban J connectivity index is 1.64. The second-order valence-corrected chi connectivity index (χ2v) is 8.48. The molecule has 2 amide bonds. The van der Waals surface area contributed by atoms with Crippen LogP contribution in [0.2, 0.25) is 5.02 Å². The number of nitrogens with one attached hydrogen (secondary N) is 2. The first-order valence-corrected chi connectivity index (χ1v) is 11.0. The molecule has 1 aromatic rings. The number of halogens is 1. The van der Waals surface area contributed by atoms with Gasteiger partial charge in [-0.1, -0.05) is 31.4 Å². The van der Waals surface area contributed by atoms with Crippen molar-refractivity contribution in [3.05, 3.63) is 29.3 Å². The van der Waals surface area contributed by atoms with Crippen LogP contribution in [0.5, 0.6) is 0 Å². The van der Waals surface area contributed by atoms with Crippen LogP contribution >= 0.6 is 23.4 Å². The summed E-state index contributed by atoms with van der Waals surface area (Å²) in [4.78, 5) is 36.0. The Morgan fingerprint density at radius 1 is 1.18 bits per heavy atom. The van der Waals surface area contributed by atoms with Crippen LogP contribution in [-0.4, -0.2) is 41.4 Å². The van der Waals surface area contributed by atoms with Gasteiger partial charge in [-0.15, -0.1) is 11.8 Å². The highest BCUT2D eigenvalue weighted by molar-refractivity contribution is 8.00. The molecule has 28 heavy (non-hydrogen) atoms. The van der Waals surface area contributed by atoms with Crippen molar-refractivity contribution in [2.75, 3.05) is 16.8 Å². The van der Waals surface area contributed by atoms with Gasteiger partial charge in [-0.25, -0.2) is 0 Å². The van der Waals surface area contributed by atoms with E-state index in [1.165, 1.54) is 6.42 Å². The summed E-state index contributed by atoms with van der Waals surface area (Å²) in [5.74, 6) is -0.447. The molecule has 3 atom stereocenters. The number of ether oxygens (including phenoxy) is 1. The number of rotatable bonds is 8. The molecule has 1 aliphatic carbocycles. The fourth-order valence-corrected chi connectivity index (χ4v) is 3.79. The monoisotopic (exact) mass is 426 g/mol. The Morgan fingerprint density at radius 2 is 1.86 bits per heavy atom. The van der Waals surface area contributed by atoms with E-state index in [1.54, 1.807) is 31.2 Å². The minimum absolute atomic E-state index is 0.00545. The molecule has 0 spiro atoms. The summed E-state index contributed by atoms with van der Waals surface area (Å²) in [5, 5.41) is 6.29. The highest BCUT2D eigenvalue weighted by atomic mass is 35.5. The lowest BCUT2D eigenvalue weighted by atomic mass is 9.86. The minimum Gasteiger partial charge on any atom is -0.452 e. The van der Waals surface area contributed by atoms with Gasteiger partial charge in [0.2, 0.25) is 5.91 Å². The lowest BCUT2D eigenvalue weighted by molar-refractivity contribution is -0.152. The van der Waals surface area contributed by atoms with Gasteiger partial charge in [0.25, 0.3) is 5.91 Å². The van der Waals surface area contributed by atoms with E-state index in [9.17, 15) is 14.4 Å². The molecule has 1 saturated carbocycles. The average Bonchev–Trinajstić information content (AvgIpc) is 2.65. The number of carbonyl (C=O) groups excluding carboxylic acids is 3. The van der Waals surface area contributed by atoms with Crippen molar-refractivity contribution in [3.8, 4) is 0 Å². The van der Waals surface area contributed by atoms with Crippen molar-refractivity contribution < 1.29 is 19.1 Å². The molecule has 0 unspecified atom stereocenters. The molecule has 0 saturated heterocycles. The number of anilines is 1.